The first-order valence-corrected chi connectivity index (χ1v) is 16.2. The molecule has 10 nitrogen and oxygen atoms in total. The molecule has 0 amide bonds. The van der Waals surface area contributed by atoms with Crippen molar-refractivity contribution in [1.82, 2.24) is 19.9 Å². The van der Waals surface area contributed by atoms with Gasteiger partial charge >= 0.3 is 6.17 Å². The van der Waals surface area contributed by atoms with Crippen LogP contribution in [0.5, 0.6) is 0 Å². The highest BCUT2D eigenvalue weighted by Gasteiger charge is 2.25. The molecule has 6 rings (SSSR count). The Bertz CT molecular complexity index is 1890. The summed E-state index contributed by atoms with van der Waals surface area (Å²) in [6.45, 7) is 20.0. The van der Waals surface area contributed by atoms with Crippen LogP contribution >= 0.6 is 90.5 Å². The summed E-state index contributed by atoms with van der Waals surface area (Å²) < 4.78 is 6.29. The van der Waals surface area contributed by atoms with E-state index in [4.69, 9.17) is 35.5 Å². The van der Waals surface area contributed by atoms with Crippen LogP contribution in [0, 0.1) is 59.7 Å². The number of rotatable bonds is 2. The van der Waals surface area contributed by atoms with Crippen LogP contribution in [0.1, 0.15) is 22.1 Å². The Morgan fingerprint density at radius 3 is 1.49 bits per heavy atom. The van der Waals surface area contributed by atoms with Crippen molar-refractivity contribution >= 4 is 131 Å². The summed E-state index contributed by atoms with van der Waals surface area (Å²) in [6.07, 6.45) is -0.902. The third-order valence-corrected chi connectivity index (χ3v) is 10.5. The van der Waals surface area contributed by atoms with Crippen molar-refractivity contribution in [3.8, 4) is 18.2 Å². The maximum atomic E-state index is 8.93. The van der Waals surface area contributed by atoms with E-state index in [1.165, 1.54) is 32.1 Å². The van der Waals surface area contributed by atoms with Gasteiger partial charge < -0.3 is 4.85 Å². The molecular formula is C25H8I2N10S4. The average Bonchev–Trinajstić information content (AvgIpc) is 3.71. The minimum absolute atomic E-state index is 0.0139. The van der Waals surface area contributed by atoms with E-state index < -0.39 is 12.1 Å². The number of fused-ring (bicyclic) bond motifs is 4. The first-order chi connectivity index (χ1) is 19.8. The molecule has 0 unspecified atom stereocenters. The largest absolute Gasteiger partial charge is 0.528 e. The van der Waals surface area contributed by atoms with Crippen LogP contribution in [-0.2, 0) is 0 Å². The number of nitriles is 3. The molecule has 0 fully saturated rings. The monoisotopic (exact) mass is 830 g/mol. The fourth-order valence-electron chi connectivity index (χ4n) is 3.23. The van der Waals surface area contributed by atoms with Gasteiger partial charge in [0.25, 0.3) is 11.6 Å². The summed E-state index contributed by atoms with van der Waals surface area (Å²) >= 11 is 10.5. The molecule has 0 aliphatic heterocycles. The predicted octanol–water partition coefficient (Wildman–Crippen LogP) is 8.42. The van der Waals surface area contributed by atoms with Gasteiger partial charge in [0.2, 0.25) is 0 Å². The zero-order valence-electron chi connectivity index (χ0n) is 20.0. The fourth-order valence-corrected chi connectivity index (χ4v) is 8.51. The lowest BCUT2D eigenvalue weighted by atomic mass is 10.2. The van der Waals surface area contributed by atoms with Crippen molar-refractivity contribution in [3.05, 3.63) is 74.6 Å². The van der Waals surface area contributed by atoms with Crippen LogP contribution in [0.3, 0.4) is 0 Å². The van der Waals surface area contributed by atoms with E-state index in [2.05, 4.69) is 91.8 Å². The second kappa shape index (κ2) is 13.8. The number of halogens is 2. The summed E-state index contributed by atoms with van der Waals surface area (Å²) in [4.78, 5) is 26.8. The minimum Gasteiger partial charge on any atom is -0.301 e. The molecule has 4 aromatic heterocycles. The highest BCUT2D eigenvalue weighted by atomic mass is 127. The van der Waals surface area contributed by atoms with Gasteiger partial charge in [0.15, 0.2) is 11.9 Å². The highest BCUT2D eigenvalue weighted by Crippen LogP contribution is 2.35. The molecule has 0 saturated heterocycles. The van der Waals surface area contributed by atoms with E-state index in [9.17, 15) is 0 Å². The van der Waals surface area contributed by atoms with Crippen molar-refractivity contribution in [2.45, 2.75) is 12.1 Å². The lowest BCUT2D eigenvalue weighted by molar-refractivity contribution is 1.05. The Labute approximate surface area is 275 Å². The van der Waals surface area contributed by atoms with Crippen molar-refractivity contribution in [2.24, 2.45) is 0 Å². The van der Waals surface area contributed by atoms with Gasteiger partial charge in [-0.15, -0.1) is 45.3 Å². The van der Waals surface area contributed by atoms with Crippen LogP contribution in [0.15, 0.2) is 24.3 Å². The van der Waals surface area contributed by atoms with Gasteiger partial charge in [-0.2, -0.15) is 15.8 Å². The lowest BCUT2D eigenvalue weighted by Gasteiger charge is -1.88. The molecule has 41 heavy (non-hydrogen) atoms. The van der Waals surface area contributed by atoms with Crippen molar-refractivity contribution in [1.29, 1.82) is 15.8 Å². The van der Waals surface area contributed by atoms with Crippen molar-refractivity contribution in [3.63, 3.8) is 0 Å². The number of nitrogens with zero attached hydrogens (tertiary/aromatic N) is 10. The number of benzene rings is 2. The third kappa shape index (κ3) is 7.01. The second-order valence-corrected chi connectivity index (χ2v) is 15.1. The van der Waals surface area contributed by atoms with Gasteiger partial charge in [0.05, 0.1) is 53.0 Å². The fraction of sp³-hybridized carbons (Fsp3) is 0.120. The zero-order valence-corrected chi connectivity index (χ0v) is 27.6. The lowest BCUT2D eigenvalue weighted by Crippen LogP contribution is -1.89. The molecule has 0 spiro atoms. The number of thiazole rings is 4. The van der Waals surface area contributed by atoms with Gasteiger partial charge in [0, 0.05) is 0 Å². The SMILES string of the molecule is Ic1nc2cc3sc(I)nc3cc2s1.[C-]#[N+]C([N+]#[C-])c1nc2cc3sc(C(C#N)C#N)nc3cc2s1.[C-]#[N+]CC#N. The van der Waals surface area contributed by atoms with E-state index in [-0.39, 0.29) is 6.54 Å². The number of aromatic nitrogens is 4. The highest BCUT2D eigenvalue weighted by molar-refractivity contribution is 14.1. The van der Waals surface area contributed by atoms with Gasteiger partial charge in [-0.3, -0.25) is 0 Å². The Morgan fingerprint density at radius 2 is 1.10 bits per heavy atom. The third-order valence-electron chi connectivity index (χ3n) is 4.90. The van der Waals surface area contributed by atoms with E-state index in [0.717, 1.165) is 26.5 Å². The Morgan fingerprint density at radius 1 is 0.683 bits per heavy atom. The molecular weight excluding hydrogens is 822 g/mol. The Kier molecular flexibility index (Phi) is 10.3. The van der Waals surface area contributed by atoms with Crippen molar-refractivity contribution in [2.75, 3.05) is 6.54 Å². The molecule has 0 N–H and O–H groups in total. The second-order valence-electron chi connectivity index (χ2n) is 7.41. The minimum atomic E-state index is -0.902. The van der Waals surface area contributed by atoms with Crippen LogP contribution in [0.25, 0.3) is 55.4 Å². The number of hydrogen-bond donors (Lipinski definition) is 0. The molecule has 0 aliphatic carbocycles. The summed E-state index contributed by atoms with van der Waals surface area (Å²) in [7, 11) is 0. The zero-order chi connectivity index (χ0) is 29.5. The van der Waals surface area contributed by atoms with Gasteiger partial charge in [0.1, 0.15) is 11.1 Å². The van der Waals surface area contributed by atoms with E-state index in [0.29, 0.717) is 21.0 Å². The number of hydrogen-bond acceptors (Lipinski definition) is 11. The molecule has 0 radical (unpaired) electrons. The molecule has 2 aromatic carbocycles. The quantitative estimate of drug-likeness (QED) is 0.0972. The maximum absolute atomic E-state index is 8.93. The normalized spacial score (nSPS) is 10.1. The smallest absolute Gasteiger partial charge is 0.301 e. The van der Waals surface area contributed by atoms with Gasteiger partial charge in [-0.25, -0.2) is 49.3 Å². The molecule has 0 atom stereocenters. The molecule has 16 heteroatoms. The van der Waals surface area contributed by atoms with Crippen LogP contribution in [0.2, 0.25) is 0 Å². The molecule has 6 aromatic rings. The van der Waals surface area contributed by atoms with E-state index in [1.807, 2.05) is 24.3 Å². The average molecular weight is 830 g/mol. The summed E-state index contributed by atoms with van der Waals surface area (Å²) in [5.41, 5.74) is 3.57. The van der Waals surface area contributed by atoms with Crippen molar-refractivity contribution < 1.29 is 0 Å². The topological polar surface area (TPSA) is 136 Å². The van der Waals surface area contributed by atoms with Gasteiger partial charge in [-0.05, 0) is 69.4 Å². The Hall–Kier alpha value is -3.60. The molecule has 0 aliphatic rings. The van der Waals surface area contributed by atoms with Gasteiger partial charge in [-0.1, -0.05) is 0 Å². The summed E-state index contributed by atoms with van der Waals surface area (Å²) in [6, 6.07) is 13.4. The Balaban J connectivity index is 0.000000173. The van der Waals surface area contributed by atoms with E-state index in [1.54, 1.807) is 28.7 Å². The molecule has 0 bridgehead atoms. The summed E-state index contributed by atoms with van der Waals surface area (Å²) in [5.74, 6) is -0.868. The standard InChI is InChI=1S/C14H4N6S2.C8H2I2N2S2.C3H2N2/c1-17-12(18-2)14-20-9-4-10-8(3-11(9)22-14)19-13(21-10)7(5-15)6-16;9-7-11-3-1-5-4(2-6(3)14-7)12-8(10)13-5;1-5-3-2-4/h3-4,7,12H;1-2H;3H2. The molecule has 196 valence electrons. The first-order valence-electron chi connectivity index (χ1n) is 10.8. The van der Waals surface area contributed by atoms with Crippen LogP contribution in [0.4, 0.5) is 0 Å². The molecule has 4 heterocycles. The predicted molar refractivity (Wildman–Crippen MR) is 178 cm³/mol. The van der Waals surface area contributed by atoms with Crippen LogP contribution in [-0.4, -0.2) is 26.5 Å². The summed E-state index contributed by atoms with van der Waals surface area (Å²) in [5, 5.41) is 26.4. The maximum Gasteiger partial charge on any atom is 0.528 e. The first kappa shape index (κ1) is 30.4. The molecule has 0 saturated carbocycles. The van der Waals surface area contributed by atoms with E-state index >= 15 is 0 Å². The van der Waals surface area contributed by atoms with Crippen LogP contribution < -0.4 is 0 Å².